The number of methoxy groups -OCH3 is 1. The molecular weight excluding hydrogens is 513 g/mol. The van der Waals surface area contributed by atoms with Crippen molar-refractivity contribution in [2.45, 2.75) is 19.4 Å². The Hall–Kier alpha value is -3.71. The van der Waals surface area contributed by atoms with E-state index < -0.39 is 11.9 Å². The summed E-state index contributed by atoms with van der Waals surface area (Å²) in [5.41, 5.74) is 4.78. The molecule has 1 aliphatic heterocycles. The molecular formula is C28H21BrFNO4. The maximum absolute atomic E-state index is 14.0. The molecule has 1 atom stereocenters. The zero-order valence-corrected chi connectivity index (χ0v) is 20.6. The zero-order chi connectivity index (χ0) is 24.7. The fourth-order valence-corrected chi connectivity index (χ4v) is 5.14. The molecule has 0 spiro atoms. The van der Waals surface area contributed by atoms with Crippen LogP contribution in [-0.4, -0.2) is 18.9 Å². The van der Waals surface area contributed by atoms with Crippen molar-refractivity contribution in [3.05, 3.63) is 116 Å². The van der Waals surface area contributed by atoms with E-state index in [0.29, 0.717) is 43.9 Å². The molecule has 1 heterocycles. The number of esters is 1. The van der Waals surface area contributed by atoms with Crippen LogP contribution in [0.5, 0.6) is 5.75 Å². The van der Waals surface area contributed by atoms with E-state index in [0.717, 1.165) is 11.1 Å². The zero-order valence-electron chi connectivity index (χ0n) is 19.0. The normalized spacial score (nSPS) is 16.6. The molecule has 0 saturated heterocycles. The molecule has 0 amide bonds. The number of nitrogens with one attached hydrogen (secondary N) is 1. The third-order valence-electron chi connectivity index (χ3n) is 6.28. The molecule has 176 valence electrons. The summed E-state index contributed by atoms with van der Waals surface area (Å²) in [6.45, 7) is 1.86. The first-order chi connectivity index (χ1) is 16.9. The molecule has 0 aromatic heterocycles. The smallest absolute Gasteiger partial charge is 0.336 e. The molecule has 0 saturated carbocycles. The monoisotopic (exact) mass is 533 g/mol. The number of rotatable bonds is 5. The van der Waals surface area contributed by atoms with Crippen molar-refractivity contribution < 1.29 is 23.5 Å². The lowest BCUT2D eigenvalue weighted by Crippen LogP contribution is -2.29. The van der Waals surface area contributed by atoms with Crippen LogP contribution < -0.4 is 10.1 Å². The molecule has 35 heavy (non-hydrogen) atoms. The van der Waals surface area contributed by atoms with Gasteiger partial charge in [0.05, 0.1) is 22.9 Å². The van der Waals surface area contributed by atoms with Gasteiger partial charge in [-0.15, -0.1) is 0 Å². The van der Waals surface area contributed by atoms with E-state index in [-0.39, 0.29) is 18.2 Å². The number of ether oxygens (including phenoxy) is 2. The Balaban J connectivity index is 1.55. The molecule has 1 N–H and O–H groups in total. The summed E-state index contributed by atoms with van der Waals surface area (Å²) in [7, 11) is 1.32. The molecule has 0 unspecified atom stereocenters. The van der Waals surface area contributed by atoms with Gasteiger partial charge in [-0.3, -0.25) is 4.79 Å². The van der Waals surface area contributed by atoms with Gasteiger partial charge >= 0.3 is 5.97 Å². The number of carbonyl (C=O) groups excluding carboxylic acids is 2. The average molecular weight is 534 g/mol. The predicted molar refractivity (Wildman–Crippen MR) is 133 cm³/mol. The average Bonchev–Trinajstić information content (AvgIpc) is 3.14. The Morgan fingerprint density at radius 1 is 1.06 bits per heavy atom. The minimum absolute atomic E-state index is 0.0630. The van der Waals surface area contributed by atoms with Crippen LogP contribution in [0, 0.1) is 5.82 Å². The Bertz CT molecular complexity index is 1440. The maximum atomic E-state index is 14.0. The van der Waals surface area contributed by atoms with Crippen molar-refractivity contribution in [1.29, 1.82) is 0 Å². The fourth-order valence-electron chi connectivity index (χ4n) is 4.63. The van der Waals surface area contributed by atoms with Gasteiger partial charge in [0.1, 0.15) is 18.2 Å². The van der Waals surface area contributed by atoms with Crippen LogP contribution in [0.4, 0.5) is 4.39 Å². The maximum Gasteiger partial charge on any atom is 0.336 e. The predicted octanol–water partition coefficient (Wildman–Crippen LogP) is 5.91. The summed E-state index contributed by atoms with van der Waals surface area (Å²) < 4.78 is 25.5. The van der Waals surface area contributed by atoms with E-state index in [2.05, 4.69) is 21.2 Å². The van der Waals surface area contributed by atoms with E-state index in [1.54, 1.807) is 37.3 Å². The molecule has 0 fully saturated rings. The number of ketones is 1. The van der Waals surface area contributed by atoms with Crippen molar-refractivity contribution in [1.82, 2.24) is 5.32 Å². The highest BCUT2D eigenvalue weighted by Crippen LogP contribution is 2.47. The van der Waals surface area contributed by atoms with Gasteiger partial charge in [0.15, 0.2) is 5.78 Å². The van der Waals surface area contributed by atoms with Crippen LogP contribution in [0.25, 0.3) is 5.70 Å². The van der Waals surface area contributed by atoms with E-state index in [4.69, 9.17) is 9.47 Å². The van der Waals surface area contributed by atoms with Gasteiger partial charge in [-0.1, -0.05) is 48.5 Å². The summed E-state index contributed by atoms with van der Waals surface area (Å²) in [5.74, 6) is -1.08. The summed E-state index contributed by atoms with van der Waals surface area (Å²) in [6.07, 6.45) is 0. The number of benzene rings is 3. The number of dihydropyridines is 1. The summed E-state index contributed by atoms with van der Waals surface area (Å²) in [5, 5.41) is 3.27. The Kier molecular flexibility index (Phi) is 6.03. The summed E-state index contributed by atoms with van der Waals surface area (Å²) >= 11 is 3.54. The van der Waals surface area contributed by atoms with Gasteiger partial charge in [-0.2, -0.15) is 0 Å². The molecule has 7 heteroatoms. The first kappa shape index (κ1) is 23.1. The van der Waals surface area contributed by atoms with Gasteiger partial charge in [0, 0.05) is 33.9 Å². The largest absolute Gasteiger partial charge is 0.488 e. The van der Waals surface area contributed by atoms with Gasteiger partial charge in [-0.05, 0) is 46.6 Å². The minimum atomic E-state index is -0.629. The number of carbonyl (C=O) groups is 2. The van der Waals surface area contributed by atoms with E-state index in [1.165, 1.54) is 13.2 Å². The highest BCUT2D eigenvalue weighted by molar-refractivity contribution is 9.10. The number of Topliss-reactive ketones (excluding diaryl/α,β-unsaturated/α-hetero) is 1. The summed E-state index contributed by atoms with van der Waals surface area (Å²) in [4.78, 5) is 26.3. The Morgan fingerprint density at radius 2 is 1.77 bits per heavy atom. The van der Waals surface area contributed by atoms with Crippen molar-refractivity contribution in [2.24, 2.45) is 0 Å². The van der Waals surface area contributed by atoms with Gasteiger partial charge in [-0.25, -0.2) is 9.18 Å². The number of hydrogen-bond acceptors (Lipinski definition) is 5. The Labute approximate surface area is 210 Å². The molecule has 0 radical (unpaired) electrons. The van der Waals surface area contributed by atoms with Crippen LogP contribution in [0.15, 0.2) is 88.0 Å². The molecule has 1 aliphatic carbocycles. The topological polar surface area (TPSA) is 64.6 Å². The second-order valence-electron chi connectivity index (χ2n) is 8.32. The van der Waals surface area contributed by atoms with Crippen LogP contribution in [0.3, 0.4) is 0 Å². The second kappa shape index (κ2) is 9.15. The quantitative estimate of drug-likeness (QED) is 0.413. The number of fused-ring (bicyclic) bond motifs is 2. The van der Waals surface area contributed by atoms with E-state index >= 15 is 0 Å². The van der Waals surface area contributed by atoms with Crippen LogP contribution in [-0.2, 0) is 16.1 Å². The molecule has 3 aromatic carbocycles. The lowest BCUT2D eigenvalue weighted by molar-refractivity contribution is -0.136. The third-order valence-corrected chi connectivity index (χ3v) is 6.90. The lowest BCUT2D eigenvalue weighted by atomic mass is 9.80. The molecule has 5 nitrogen and oxygen atoms in total. The molecule has 0 bridgehead atoms. The highest BCUT2D eigenvalue weighted by Gasteiger charge is 2.42. The Morgan fingerprint density at radius 3 is 2.49 bits per heavy atom. The van der Waals surface area contributed by atoms with Crippen LogP contribution >= 0.6 is 15.9 Å². The van der Waals surface area contributed by atoms with Crippen molar-refractivity contribution in [2.75, 3.05) is 7.11 Å². The van der Waals surface area contributed by atoms with Gasteiger partial charge in [0.25, 0.3) is 0 Å². The fraction of sp³-hybridized carbons (Fsp3) is 0.143. The van der Waals surface area contributed by atoms with E-state index in [1.807, 2.05) is 30.3 Å². The van der Waals surface area contributed by atoms with Crippen LogP contribution in [0.2, 0.25) is 0 Å². The third kappa shape index (κ3) is 3.96. The van der Waals surface area contributed by atoms with Crippen LogP contribution in [0.1, 0.15) is 39.9 Å². The molecule has 3 aromatic rings. The minimum Gasteiger partial charge on any atom is -0.488 e. The highest BCUT2D eigenvalue weighted by atomic mass is 79.9. The van der Waals surface area contributed by atoms with Crippen molar-refractivity contribution in [3.63, 3.8) is 0 Å². The molecule has 5 rings (SSSR count). The lowest BCUT2D eigenvalue weighted by Gasteiger charge is -2.29. The van der Waals surface area contributed by atoms with Crippen molar-refractivity contribution in [3.8, 4) is 5.75 Å². The standard InChI is InChI=1S/C28H21BrFNO4/c1-15-23(28(33)34-2)24(25-26(31-15)18-8-4-5-9-19(18)27(25)32)16-11-12-22(20(29)13-16)35-14-17-7-3-6-10-21(17)30/h3-13,24,31H,14H2,1-2H3/t24-/m1/s1. The first-order valence-corrected chi connectivity index (χ1v) is 11.8. The van der Waals surface area contributed by atoms with E-state index in [9.17, 15) is 14.0 Å². The summed E-state index contributed by atoms with van der Waals surface area (Å²) in [6, 6.07) is 19.2. The van der Waals surface area contributed by atoms with Gasteiger partial charge < -0.3 is 14.8 Å². The second-order valence-corrected chi connectivity index (χ2v) is 9.18. The first-order valence-electron chi connectivity index (χ1n) is 11.0. The number of allylic oxidation sites excluding steroid dienone is 2. The number of halogens is 2. The van der Waals surface area contributed by atoms with Crippen molar-refractivity contribution >= 4 is 33.4 Å². The van der Waals surface area contributed by atoms with Gasteiger partial charge in [0.2, 0.25) is 0 Å². The number of hydrogen-bond donors (Lipinski definition) is 1. The molecule has 2 aliphatic rings. The SMILES string of the molecule is COC(=O)C1=C(C)NC2=C(C(=O)c3ccccc32)[C@@H]1c1ccc(OCc2ccccc2F)c(Br)c1.